The van der Waals surface area contributed by atoms with Gasteiger partial charge in [-0.05, 0) is 36.4 Å². The molecule has 0 aromatic heterocycles. The van der Waals surface area contributed by atoms with Crippen molar-refractivity contribution in [1.82, 2.24) is 9.21 Å². The lowest BCUT2D eigenvalue weighted by Crippen LogP contribution is -2.51. The Labute approximate surface area is 156 Å². The number of nitrogens with zero attached hydrogens (tertiary/aromatic N) is 2. The number of hydrogen-bond donors (Lipinski definition) is 0. The van der Waals surface area contributed by atoms with Crippen LogP contribution in [0, 0.1) is 11.6 Å². The first kappa shape index (κ1) is 19.2. The SMILES string of the molecule is O=C(COc1cccc(F)c1)N1CCN(S(=O)(=O)c2ccc(F)cc2)CC1. The smallest absolute Gasteiger partial charge is 0.260 e. The van der Waals surface area contributed by atoms with Crippen LogP contribution in [0.2, 0.25) is 0 Å². The van der Waals surface area contributed by atoms with Crippen LogP contribution in [-0.4, -0.2) is 56.3 Å². The van der Waals surface area contributed by atoms with E-state index in [0.717, 1.165) is 12.1 Å². The highest BCUT2D eigenvalue weighted by Crippen LogP contribution is 2.18. The number of ether oxygens (including phenoxy) is 1. The van der Waals surface area contributed by atoms with Crippen molar-refractivity contribution in [3.05, 3.63) is 60.2 Å². The lowest BCUT2D eigenvalue weighted by Gasteiger charge is -2.34. The maximum Gasteiger partial charge on any atom is 0.260 e. The number of carbonyl (C=O) groups is 1. The van der Waals surface area contributed by atoms with E-state index in [1.165, 1.54) is 39.5 Å². The highest BCUT2D eigenvalue weighted by Gasteiger charge is 2.30. The Morgan fingerprint density at radius 2 is 1.63 bits per heavy atom. The van der Waals surface area contributed by atoms with E-state index in [-0.39, 0.29) is 49.3 Å². The molecule has 1 amide bonds. The molecule has 0 aliphatic carbocycles. The molecule has 1 aliphatic rings. The number of halogens is 2. The third-order valence-electron chi connectivity index (χ3n) is 4.20. The van der Waals surface area contributed by atoms with E-state index >= 15 is 0 Å². The van der Waals surface area contributed by atoms with Gasteiger partial charge in [-0.3, -0.25) is 4.79 Å². The Bertz CT molecular complexity index is 911. The Kier molecular flexibility index (Phi) is 5.71. The number of benzene rings is 2. The molecule has 1 aliphatic heterocycles. The molecule has 0 unspecified atom stereocenters. The second-order valence-electron chi connectivity index (χ2n) is 5.98. The van der Waals surface area contributed by atoms with Gasteiger partial charge in [-0.15, -0.1) is 0 Å². The zero-order valence-electron chi connectivity index (χ0n) is 14.3. The van der Waals surface area contributed by atoms with Gasteiger partial charge in [-0.25, -0.2) is 17.2 Å². The predicted octanol–water partition coefficient (Wildman–Crippen LogP) is 1.88. The van der Waals surface area contributed by atoms with Crippen LogP contribution in [0.4, 0.5) is 8.78 Å². The fourth-order valence-corrected chi connectivity index (χ4v) is 4.15. The molecule has 0 atom stereocenters. The minimum atomic E-state index is -3.73. The third-order valence-corrected chi connectivity index (χ3v) is 6.11. The highest BCUT2D eigenvalue weighted by molar-refractivity contribution is 7.89. The molecule has 3 rings (SSSR count). The molecule has 0 N–H and O–H groups in total. The summed E-state index contributed by atoms with van der Waals surface area (Å²) in [6.07, 6.45) is 0. The molecule has 1 fully saturated rings. The Balaban J connectivity index is 1.55. The van der Waals surface area contributed by atoms with Gasteiger partial charge in [0, 0.05) is 32.2 Å². The van der Waals surface area contributed by atoms with Gasteiger partial charge in [0.1, 0.15) is 17.4 Å². The topological polar surface area (TPSA) is 66.9 Å². The average Bonchev–Trinajstić information content (AvgIpc) is 2.66. The predicted molar refractivity (Wildman–Crippen MR) is 93.6 cm³/mol. The largest absolute Gasteiger partial charge is 0.484 e. The Morgan fingerprint density at radius 3 is 2.26 bits per heavy atom. The van der Waals surface area contributed by atoms with Crippen LogP contribution in [-0.2, 0) is 14.8 Å². The van der Waals surface area contributed by atoms with Gasteiger partial charge in [0.15, 0.2) is 6.61 Å². The fraction of sp³-hybridized carbons (Fsp3) is 0.278. The lowest BCUT2D eigenvalue weighted by molar-refractivity contribution is -0.134. The van der Waals surface area contributed by atoms with Gasteiger partial charge in [-0.2, -0.15) is 4.31 Å². The molecule has 6 nitrogen and oxygen atoms in total. The van der Waals surface area contributed by atoms with Crippen molar-refractivity contribution >= 4 is 15.9 Å². The van der Waals surface area contributed by atoms with E-state index in [2.05, 4.69) is 0 Å². The zero-order chi connectivity index (χ0) is 19.4. The first-order valence-corrected chi connectivity index (χ1v) is 9.72. The van der Waals surface area contributed by atoms with Crippen molar-refractivity contribution < 1.29 is 26.7 Å². The summed E-state index contributed by atoms with van der Waals surface area (Å²) >= 11 is 0. The summed E-state index contributed by atoms with van der Waals surface area (Å²) in [5.41, 5.74) is 0. The maximum atomic E-state index is 13.1. The summed E-state index contributed by atoms with van der Waals surface area (Å²) in [5, 5.41) is 0. The number of piperazine rings is 1. The fourth-order valence-electron chi connectivity index (χ4n) is 2.73. The van der Waals surface area contributed by atoms with Crippen LogP contribution in [0.5, 0.6) is 5.75 Å². The van der Waals surface area contributed by atoms with Gasteiger partial charge in [0.2, 0.25) is 10.0 Å². The standard InChI is InChI=1S/C18H18F2N2O4S/c19-14-4-6-17(7-5-14)27(24,25)22-10-8-21(9-11-22)18(23)13-26-16-3-1-2-15(20)12-16/h1-7,12H,8-11,13H2. The maximum absolute atomic E-state index is 13.1. The molecule has 1 heterocycles. The number of carbonyl (C=O) groups excluding carboxylic acids is 1. The van der Waals surface area contributed by atoms with Gasteiger partial charge in [0.05, 0.1) is 4.90 Å². The van der Waals surface area contributed by atoms with Crippen LogP contribution in [0.3, 0.4) is 0 Å². The highest BCUT2D eigenvalue weighted by atomic mass is 32.2. The number of rotatable bonds is 5. The van der Waals surface area contributed by atoms with Crippen molar-refractivity contribution in [2.24, 2.45) is 0 Å². The molecule has 0 bridgehead atoms. The molecule has 0 spiro atoms. The van der Waals surface area contributed by atoms with E-state index in [4.69, 9.17) is 4.74 Å². The first-order valence-electron chi connectivity index (χ1n) is 8.28. The summed E-state index contributed by atoms with van der Waals surface area (Å²) in [4.78, 5) is 13.7. The minimum absolute atomic E-state index is 0.0121. The third kappa shape index (κ3) is 4.61. The molecular formula is C18H18F2N2O4S. The van der Waals surface area contributed by atoms with Crippen molar-refractivity contribution in [3.63, 3.8) is 0 Å². The summed E-state index contributed by atoms with van der Waals surface area (Å²) in [5.74, 6) is -1.03. The Morgan fingerprint density at radius 1 is 0.963 bits per heavy atom. The second-order valence-corrected chi connectivity index (χ2v) is 7.92. The van der Waals surface area contributed by atoms with Gasteiger partial charge in [-0.1, -0.05) is 6.07 Å². The van der Waals surface area contributed by atoms with Crippen LogP contribution >= 0.6 is 0 Å². The van der Waals surface area contributed by atoms with Crippen LogP contribution in [0.1, 0.15) is 0 Å². The van der Waals surface area contributed by atoms with E-state index in [9.17, 15) is 22.0 Å². The van der Waals surface area contributed by atoms with Crippen molar-refractivity contribution in [2.45, 2.75) is 4.90 Å². The van der Waals surface area contributed by atoms with Gasteiger partial charge < -0.3 is 9.64 Å². The zero-order valence-corrected chi connectivity index (χ0v) is 15.2. The second kappa shape index (κ2) is 8.01. The first-order chi connectivity index (χ1) is 12.9. The van der Waals surface area contributed by atoms with E-state index in [0.29, 0.717) is 0 Å². The minimum Gasteiger partial charge on any atom is -0.484 e. The number of amides is 1. The molecule has 2 aromatic carbocycles. The van der Waals surface area contributed by atoms with E-state index < -0.39 is 21.7 Å². The summed E-state index contributed by atoms with van der Waals surface area (Å²) in [6.45, 7) is 0.433. The van der Waals surface area contributed by atoms with Crippen LogP contribution < -0.4 is 4.74 Å². The average molecular weight is 396 g/mol. The van der Waals surface area contributed by atoms with E-state index in [1.807, 2.05) is 0 Å². The molecule has 144 valence electrons. The molecule has 0 radical (unpaired) electrons. The van der Waals surface area contributed by atoms with Crippen LogP contribution in [0.15, 0.2) is 53.4 Å². The Hall–Kier alpha value is -2.52. The monoisotopic (exact) mass is 396 g/mol. The van der Waals surface area contributed by atoms with E-state index in [1.54, 1.807) is 6.07 Å². The molecule has 2 aromatic rings. The molecule has 1 saturated heterocycles. The summed E-state index contributed by atoms with van der Waals surface area (Å²) in [6, 6.07) is 10.1. The molecule has 9 heteroatoms. The van der Waals surface area contributed by atoms with Crippen molar-refractivity contribution in [3.8, 4) is 5.75 Å². The quantitative estimate of drug-likeness (QED) is 0.774. The molecule has 27 heavy (non-hydrogen) atoms. The molecule has 0 saturated carbocycles. The number of sulfonamides is 1. The normalized spacial score (nSPS) is 15.6. The summed E-state index contributed by atoms with van der Waals surface area (Å²) < 4.78 is 57.7. The van der Waals surface area contributed by atoms with Gasteiger partial charge >= 0.3 is 0 Å². The molecular weight excluding hydrogens is 378 g/mol. The van der Waals surface area contributed by atoms with Crippen molar-refractivity contribution in [2.75, 3.05) is 32.8 Å². The van der Waals surface area contributed by atoms with Crippen LogP contribution in [0.25, 0.3) is 0 Å². The number of hydrogen-bond acceptors (Lipinski definition) is 4. The van der Waals surface area contributed by atoms with Gasteiger partial charge in [0.25, 0.3) is 5.91 Å². The van der Waals surface area contributed by atoms with Crippen molar-refractivity contribution in [1.29, 1.82) is 0 Å². The summed E-state index contributed by atoms with van der Waals surface area (Å²) in [7, 11) is -3.73. The lowest BCUT2D eigenvalue weighted by atomic mass is 10.3.